The van der Waals surface area contributed by atoms with E-state index < -0.39 is 0 Å². The fraction of sp³-hybridized carbons (Fsp3) is 0.750. The van der Waals surface area contributed by atoms with Crippen LogP contribution in [0.2, 0.25) is 0 Å². The third kappa shape index (κ3) is 3.03. The minimum absolute atomic E-state index is 0.438. The molecule has 1 saturated heterocycles. The van der Waals surface area contributed by atoms with Crippen LogP contribution in [0.1, 0.15) is 31.5 Å². The van der Waals surface area contributed by atoms with Crippen molar-refractivity contribution in [3.05, 3.63) is 16.6 Å². The topological polar surface area (TPSA) is 28.2 Å². The first kappa shape index (κ1) is 12.0. The van der Waals surface area contributed by atoms with Crippen LogP contribution in [0.15, 0.2) is 10.9 Å². The van der Waals surface area contributed by atoms with Gasteiger partial charge in [0, 0.05) is 18.0 Å². The van der Waals surface area contributed by atoms with Gasteiger partial charge >= 0.3 is 0 Å². The lowest BCUT2D eigenvalue weighted by Crippen LogP contribution is -2.37. The second-order valence-corrected chi connectivity index (χ2v) is 5.46. The quantitative estimate of drug-likeness (QED) is 0.872. The summed E-state index contributed by atoms with van der Waals surface area (Å²) in [4.78, 5) is 6.81. The molecule has 2 atom stereocenters. The molecule has 90 valence electrons. The Morgan fingerprint density at radius 3 is 3.19 bits per heavy atom. The van der Waals surface area contributed by atoms with Crippen LogP contribution in [0.25, 0.3) is 0 Å². The Morgan fingerprint density at radius 2 is 2.56 bits per heavy atom. The van der Waals surface area contributed by atoms with Crippen LogP contribution in [0.5, 0.6) is 0 Å². The standard InChI is InChI=1S/C12H21N3S/c1-10(12-8-16-9-14-12)15(2)7-11-4-3-5-13-6-11/h8-11,13H,3-7H2,1-2H3. The summed E-state index contributed by atoms with van der Waals surface area (Å²) in [6, 6.07) is 0.438. The monoisotopic (exact) mass is 239 g/mol. The van der Waals surface area contributed by atoms with Crippen molar-refractivity contribution in [2.75, 3.05) is 26.7 Å². The highest BCUT2D eigenvalue weighted by Gasteiger charge is 2.19. The molecular weight excluding hydrogens is 218 g/mol. The lowest BCUT2D eigenvalue weighted by molar-refractivity contribution is 0.197. The van der Waals surface area contributed by atoms with Gasteiger partial charge in [-0.25, -0.2) is 4.98 Å². The molecule has 16 heavy (non-hydrogen) atoms. The number of hydrogen-bond donors (Lipinski definition) is 1. The zero-order valence-electron chi connectivity index (χ0n) is 10.1. The van der Waals surface area contributed by atoms with Crippen LogP contribution in [0.3, 0.4) is 0 Å². The lowest BCUT2D eigenvalue weighted by atomic mass is 9.98. The van der Waals surface area contributed by atoms with Crippen molar-refractivity contribution in [3.63, 3.8) is 0 Å². The molecule has 1 N–H and O–H groups in total. The fourth-order valence-electron chi connectivity index (χ4n) is 2.30. The fourth-order valence-corrected chi connectivity index (χ4v) is 2.94. The van der Waals surface area contributed by atoms with E-state index in [1.54, 1.807) is 11.3 Å². The molecule has 4 heteroatoms. The highest BCUT2D eigenvalue weighted by Crippen LogP contribution is 2.21. The number of nitrogens with one attached hydrogen (secondary N) is 1. The van der Waals surface area contributed by atoms with Gasteiger partial charge in [0.2, 0.25) is 0 Å². The zero-order valence-corrected chi connectivity index (χ0v) is 11.0. The molecule has 2 unspecified atom stereocenters. The summed E-state index contributed by atoms with van der Waals surface area (Å²) in [5, 5.41) is 5.63. The minimum Gasteiger partial charge on any atom is -0.316 e. The average molecular weight is 239 g/mol. The van der Waals surface area contributed by atoms with Crippen LogP contribution >= 0.6 is 11.3 Å². The Bertz CT molecular complexity index is 293. The van der Waals surface area contributed by atoms with Gasteiger partial charge in [0.05, 0.1) is 11.2 Å². The molecule has 1 fully saturated rings. The number of aromatic nitrogens is 1. The van der Waals surface area contributed by atoms with E-state index in [-0.39, 0.29) is 0 Å². The molecule has 0 amide bonds. The first-order valence-electron chi connectivity index (χ1n) is 6.06. The van der Waals surface area contributed by atoms with Crippen LogP contribution < -0.4 is 5.32 Å². The highest BCUT2D eigenvalue weighted by molar-refractivity contribution is 7.07. The van der Waals surface area contributed by atoms with Gasteiger partial charge in [0.25, 0.3) is 0 Å². The summed E-state index contributed by atoms with van der Waals surface area (Å²) in [6.07, 6.45) is 2.69. The van der Waals surface area contributed by atoms with Gasteiger partial charge < -0.3 is 5.32 Å². The van der Waals surface area contributed by atoms with E-state index in [9.17, 15) is 0 Å². The first-order valence-corrected chi connectivity index (χ1v) is 7.00. The van der Waals surface area contributed by atoms with Crippen molar-refractivity contribution in [3.8, 4) is 0 Å². The predicted molar refractivity (Wildman–Crippen MR) is 68.8 cm³/mol. The van der Waals surface area contributed by atoms with E-state index in [0.717, 1.165) is 5.92 Å². The maximum atomic E-state index is 4.39. The van der Waals surface area contributed by atoms with Crippen molar-refractivity contribution in [2.45, 2.75) is 25.8 Å². The number of hydrogen-bond acceptors (Lipinski definition) is 4. The molecule has 1 aliphatic rings. The molecular formula is C12H21N3S. The molecule has 2 heterocycles. The van der Waals surface area contributed by atoms with Gasteiger partial charge in [0.15, 0.2) is 0 Å². The van der Waals surface area contributed by atoms with Gasteiger partial charge in [-0.2, -0.15) is 0 Å². The Kier molecular flexibility index (Phi) is 4.32. The van der Waals surface area contributed by atoms with Gasteiger partial charge in [-0.3, -0.25) is 4.90 Å². The van der Waals surface area contributed by atoms with Gasteiger partial charge in [0.1, 0.15) is 0 Å². The normalized spacial score (nSPS) is 23.6. The number of piperidine rings is 1. The Balaban J connectivity index is 1.84. The van der Waals surface area contributed by atoms with E-state index in [1.807, 2.05) is 5.51 Å². The van der Waals surface area contributed by atoms with E-state index >= 15 is 0 Å². The van der Waals surface area contributed by atoms with Crippen LogP contribution in [0, 0.1) is 5.92 Å². The number of thiazole rings is 1. The molecule has 0 radical (unpaired) electrons. The molecule has 1 aromatic rings. The summed E-state index contributed by atoms with van der Waals surface area (Å²) in [7, 11) is 2.21. The lowest BCUT2D eigenvalue weighted by Gasteiger charge is -2.30. The summed E-state index contributed by atoms with van der Waals surface area (Å²) in [6.45, 7) is 5.78. The van der Waals surface area contributed by atoms with Crippen molar-refractivity contribution in [1.29, 1.82) is 0 Å². The maximum Gasteiger partial charge on any atom is 0.0795 e. The number of nitrogens with zero attached hydrogens (tertiary/aromatic N) is 2. The van der Waals surface area contributed by atoms with Crippen LogP contribution in [0.4, 0.5) is 0 Å². The van der Waals surface area contributed by atoms with E-state index in [4.69, 9.17) is 0 Å². The second kappa shape index (κ2) is 5.75. The summed E-state index contributed by atoms with van der Waals surface area (Å²) >= 11 is 1.68. The van der Waals surface area contributed by atoms with E-state index in [1.165, 1.54) is 38.2 Å². The summed E-state index contributed by atoms with van der Waals surface area (Å²) < 4.78 is 0. The third-order valence-corrected chi connectivity index (χ3v) is 4.09. The molecule has 1 aliphatic heterocycles. The second-order valence-electron chi connectivity index (χ2n) is 4.74. The zero-order chi connectivity index (χ0) is 11.4. The summed E-state index contributed by atoms with van der Waals surface area (Å²) in [5.74, 6) is 0.805. The Morgan fingerprint density at radius 1 is 1.69 bits per heavy atom. The third-order valence-electron chi connectivity index (χ3n) is 3.49. The molecule has 1 aromatic heterocycles. The van der Waals surface area contributed by atoms with E-state index in [0.29, 0.717) is 6.04 Å². The molecule has 2 rings (SSSR count). The minimum atomic E-state index is 0.438. The molecule has 0 spiro atoms. The maximum absolute atomic E-state index is 4.39. The molecule has 0 aliphatic carbocycles. The van der Waals surface area contributed by atoms with Gasteiger partial charge in [-0.1, -0.05) is 0 Å². The van der Waals surface area contributed by atoms with Crippen molar-refractivity contribution in [2.24, 2.45) is 5.92 Å². The van der Waals surface area contributed by atoms with Crippen molar-refractivity contribution < 1.29 is 0 Å². The smallest absolute Gasteiger partial charge is 0.0795 e. The summed E-state index contributed by atoms with van der Waals surface area (Å²) in [5.41, 5.74) is 3.12. The highest BCUT2D eigenvalue weighted by atomic mass is 32.1. The first-order chi connectivity index (χ1) is 7.77. The van der Waals surface area contributed by atoms with Gasteiger partial charge in [-0.15, -0.1) is 11.3 Å². The Labute approximate surface area is 102 Å². The SMILES string of the molecule is CC(c1cscn1)N(C)CC1CCCNC1. The van der Waals surface area contributed by atoms with Crippen LogP contribution in [-0.4, -0.2) is 36.6 Å². The molecule has 0 aromatic carbocycles. The molecule has 0 saturated carbocycles. The van der Waals surface area contributed by atoms with E-state index in [2.05, 4.69) is 34.6 Å². The molecule has 3 nitrogen and oxygen atoms in total. The largest absolute Gasteiger partial charge is 0.316 e. The average Bonchev–Trinajstić information content (AvgIpc) is 2.83. The number of rotatable bonds is 4. The predicted octanol–water partition coefficient (Wildman–Crippen LogP) is 2.14. The van der Waals surface area contributed by atoms with Crippen molar-refractivity contribution >= 4 is 11.3 Å². The van der Waals surface area contributed by atoms with Crippen LogP contribution in [-0.2, 0) is 0 Å². The Hall–Kier alpha value is -0.450. The van der Waals surface area contributed by atoms with Crippen molar-refractivity contribution in [1.82, 2.24) is 15.2 Å². The van der Waals surface area contributed by atoms with Gasteiger partial charge in [-0.05, 0) is 45.8 Å². The molecule has 0 bridgehead atoms.